The van der Waals surface area contributed by atoms with Crippen molar-refractivity contribution in [3.05, 3.63) is 243 Å². The van der Waals surface area contributed by atoms with Crippen LogP contribution >= 0.6 is 11.8 Å². The fraction of sp³-hybridized carbons (Fsp3) is 0.114. The van der Waals surface area contributed by atoms with Gasteiger partial charge in [0.25, 0.3) is 0 Å². The van der Waals surface area contributed by atoms with E-state index >= 15 is 0 Å². The molecule has 0 saturated carbocycles. The largest absolute Gasteiger partial charge is 0.453 e. The van der Waals surface area contributed by atoms with Crippen molar-refractivity contribution in [1.29, 1.82) is 0 Å². The second-order valence-electron chi connectivity index (χ2n) is 21.1. The Balaban J connectivity index is 0.726. The number of ether oxygens (including phenoxy) is 2. The molecular formula is C70H52N6O2S. The van der Waals surface area contributed by atoms with Gasteiger partial charge in [0, 0.05) is 77.6 Å². The molecule has 8 nitrogen and oxygen atoms in total. The molecule has 79 heavy (non-hydrogen) atoms. The SMILES string of the molecule is C1=CC(n2c3ccccc3c3ccccc32)CCC1SC1C=CC(n2c3ccc(-c4ccc(N5c6ccccc6Oc6ccccc65)nc4)cc3c3cc(-c4ccc(N5c6ccccc6Oc6ccccc65)nc4)ccc32)CC1. The Morgan fingerprint density at radius 3 is 1.09 bits per heavy atom. The summed E-state index contributed by atoms with van der Waals surface area (Å²) in [6, 6.07) is 73.5. The van der Waals surface area contributed by atoms with Crippen LogP contribution in [0.1, 0.15) is 37.8 Å². The minimum absolute atomic E-state index is 0.218. The predicted octanol–water partition coefficient (Wildman–Crippen LogP) is 19.1. The lowest BCUT2D eigenvalue weighted by atomic mass is 10.0. The van der Waals surface area contributed by atoms with Crippen LogP contribution in [0.15, 0.2) is 243 Å². The van der Waals surface area contributed by atoms with Gasteiger partial charge in [0.15, 0.2) is 23.0 Å². The molecule has 4 unspecified atom stereocenters. The van der Waals surface area contributed by atoms with E-state index in [4.69, 9.17) is 19.4 Å². The first-order valence-corrected chi connectivity index (χ1v) is 28.4. The van der Waals surface area contributed by atoms with Gasteiger partial charge < -0.3 is 18.6 Å². The van der Waals surface area contributed by atoms with E-state index in [2.05, 4.69) is 188 Å². The van der Waals surface area contributed by atoms with Gasteiger partial charge in [0.05, 0.1) is 34.8 Å². The molecule has 2 aliphatic heterocycles. The molecule has 16 rings (SSSR count). The Hall–Kier alpha value is -9.31. The van der Waals surface area contributed by atoms with E-state index in [9.17, 15) is 0 Å². The van der Waals surface area contributed by atoms with Gasteiger partial charge >= 0.3 is 0 Å². The average molecular weight is 1040 g/mol. The standard InChI is InChI=1S/C70H52N6O2S/c1-3-15-57-53(13-1)54-14-2-4-16-58(54)73(57)49-29-33-51(34-30-49)79-52-35-31-50(32-36-52)74-59-37-25-45(47-27-39-69(71-43-47)75-61-17-5-9-21-65(61)77-66-22-10-6-18-62(66)75)41-55(59)56-42-46(26-38-60(56)74)48-28-40-70(72-44-48)76-63-19-7-11-23-67(63)78-68-24-12-8-20-64(68)76/h1-29,31,33,35,37-44,49-52H,30,32,34,36H2. The summed E-state index contributed by atoms with van der Waals surface area (Å²) >= 11 is 2.14. The number of allylic oxidation sites excluding steroid dienone is 2. The monoisotopic (exact) mass is 1040 g/mol. The lowest BCUT2D eigenvalue weighted by Gasteiger charge is -2.31. The summed E-state index contributed by atoms with van der Waals surface area (Å²) < 4.78 is 17.8. The maximum absolute atomic E-state index is 6.31. The van der Waals surface area contributed by atoms with Crippen molar-refractivity contribution in [1.82, 2.24) is 19.1 Å². The van der Waals surface area contributed by atoms with Crippen molar-refractivity contribution < 1.29 is 9.47 Å². The van der Waals surface area contributed by atoms with E-state index < -0.39 is 0 Å². The summed E-state index contributed by atoms with van der Waals surface area (Å²) in [7, 11) is 0. The topological polar surface area (TPSA) is 60.6 Å². The van der Waals surface area contributed by atoms with Crippen LogP contribution < -0.4 is 19.3 Å². The molecule has 0 fully saturated rings. The van der Waals surface area contributed by atoms with Crippen molar-refractivity contribution in [3.63, 3.8) is 0 Å². The number of benzene rings is 8. The first kappa shape index (κ1) is 45.8. The van der Waals surface area contributed by atoms with Gasteiger partial charge in [-0.2, -0.15) is 0 Å². The molecule has 4 aliphatic rings. The van der Waals surface area contributed by atoms with Gasteiger partial charge in [-0.1, -0.05) is 121 Å². The highest BCUT2D eigenvalue weighted by Gasteiger charge is 2.30. The molecule has 8 aromatic carbocycles. The van der Waals surface area contributed by atoms with E-state index in [0.717, 1.165) is 98.9 Å². The fourth-order valence-corrected chi connectivity index (χ4v) is 14.2. The number of hydrogen-bond donors (Lipinski definition) is 0. The number of rotatable bonds is 8. The van der Waals surface area contributed by atoms with Crippen molar-refractivity contribution in [2.45, 2.75) is 48.3 Å². The van der Waals surface area contributed by atoms with Crippen LogP contribution in [-0.4, -0.2) is 29.6 Å². The van der Waals surface area contributed by atoms with E-state index in [0.29, 0.717) is 16.5 Å². The third-order valence-electron chi connectivity index (χ3n) is 16.5. The summed E-state index contributed by atoms with van der Waals surface area (Å²) in [5.74, 6) is 4.90. The van der Waals surface area contributed by atoms with Crippen LogP contribution in [-0.2, 0) is 0 Å². The Morgan fingerprint density at radius 1 is 0.342 bits per heavy atom. The molecule has 4 atom stereocenters. The number of pyridine rings is 2. The maximum atomic E-state index is 6.31. The normalized spacial score (nSPS) is 18.3. The van der Waals surface area contributed by atoms with Crippen molar-refractivity contribution in [3.8, 4) is 45.3 Å². The quantitative estimate of drug-likeness (QED) is 0.141. The first-order valence-electron chi connectivity index (χ1n) is 27.5. The van der Waals surface area contributed by atoms with E-state index in [1.807, 2.05) is 85.2 Å². The molecule has 6 heterocycles. The number of fused-ring (bicyclic) bond motifs is 10. The van der Waals surface area contributed by atoms with Crippen LogP contribution in [0.3, 0.4) is 0 Å². The highest BCUT2D eigenvalue weighted by molar-refractivity contribution is 8.00. The Kier molecular flexibility index (Phi) is 10.9. The van der Waals surface area contributed by atoms with Gasteiger partial charge in [0.1, 0.15) is 11.6 Å². The lowest BCUT2D eigenvalue weighted by Crippen LogP contribution is -2.19. The Morgan fingerprint density at radius 2 is 0.709 bits per heavy atom. The van der Waals surface area contributed by atoms with Crippen molar-refractivity contribution in [2.75, 3.05) is 9.80 Å². The van der Waals surface area contributed by atoms with E-state index in [-0.39, 0.29) is 6.04 Å². The third-order valence-corrected chi connectivity index (χ3v) is 18.0. The van der Waals surface area contributed by atoms with Crippen LogP contribution in [0, 0.1) is 0 Å². The van der Waals surface area contributed by atoms with Crippen LogP contribution in [0.25, 0.3) is 65.9 Å². The number of anilines is 6. The highest BCUT2D eigenvalue weighted by Crippen LogP contribution is 2.52. The smallest absolute Gasteiger partial charge is 0.151 e. The molecule has 2 aliphatic carbocycles. The molecule has 0 saturated heterocycles. The highest BCUT2D eigenvalue weighted by atomic mass is 32.2. The zero-order valence-electron chi connectivity index (χ0n) is 43.1. The molecule has 12 aromatic rings. The van der Waals surface area contributed by atoms with E-state index in [1.54, 1.807) is 0 Å². The average Bonchev–Trinajstić information content (AvgIpc) is 4.20. The van der Waals surface area contributed by atoms with Crippen molar-refractivity contribution >= 4 is 89.8 Å². The summed E-state index contributed by atoms with van der Waals surface area (Å²) in [5.41, 5.74) is 13.3. The van der Waals surface area contributed by atoms with Crippen LogP contribution in [0.2, 0.25) is 0 Å². The minimum Gasteiger partial charge on any atom is -0.453 e. The summed E-state index contributed by atoms with van der Waals surface area (Å²) in [6.45, 7) is 0. The van der Waals surface area contributed by atoms with Gasteiger partial charge in [-0.25, -0.2) is 9.97 Å². The zero-order chi connectivity index (χ0) is 52.0. The number of para-hydroxylation sites is 10. The lowest BCUT2D eigenvalue weighted by molar-refractivity contribution is 0.476. The van der Waals surface area contributed by atoms with Gasteiger partial charge in [-0.15, -0.1) is 11.8 Å². The van der Waals surface area contributed by atoms with Gasteiger partial charge in [-0.3, -0.25) is 9.80 Å². The van der Waals surface area contributed by atoms with Gasteiger partial charge in [0.2, 0.25) is 0 Å². The Labute approximate surface area is 462 Å². The summed E-state index contributed by atoms with van der Waals surface area (Å²) in [4.78, 5) is 14.6. The molecule has 9 heteroatoms. The number of nitrogens with zero attached hydrogens (tertiary/aromatic N) is 6. The minimum atomic E-state index is 0.218. The third kappa shape index (κ3) is 7.74. The maximum Gasteiger partial charge on any atom is 0.151 e. The molecule has 0 amide bonds. The number of hydrogen-bond acceptors (Lipinski definition) is 7. The fourth-order valence-electron chi connectivity index (χ4n) is 12.8. The number of thioether (sulfide) groups is 1. The Bertz CT molecular complexity index is 4080. The second-order valence-corrected chi connectivity index (χ2v) is 22.5. The molecular weight excluding hydrogens is 989 g/mol. The van der Waals surface area contributed by atoms with Gasteiger partial charge in [-0.05, 0) is 146 Å². The molecule has 0 spiro atoms. The molecule has 0 bridgehead atoms. The second kappa shape index (κ2) is 18.7. The predicted molar refractivity (Wildman–Crippen MR) is 325 cm³/mol. The number of aromatic nitrogens is 4. The van der Waals surface area contributed by atoms with E-state index in [1.165, 1.54) is 50.0 Å². The first-order chi connectivity index (χ1) is 39.1. The summed E-state index contributed by atoms with van der Waals surface area (Å²) in [5, 5.41) is 6.07. The zero-order valence-corrected chi connectivity index (χ0v) is 44.0. The molecule has 4 aromatic heterocycles. The molecule has 0 radical (unpaired) electrons. The molecule has 0 N–H and O–H groups in total. The molecule has 380 valence electrons. The van der Waals surface area contributed by atoms with Crippen LogP contribution in [0.4, 0.5) is 34.4 Å². The summed E-state index contributed by atoms with van der Waals surface area (Å²) in [6.07, 6.45) is 18.5. The van der Waals surface area contributed by atoms with Crippen molar-refractivity contribution in [2.24, 2.45) is 0 Å². The van der Waals surface area contributed by atoms with Crippen LogP contribution in [0.5, 0.6) is 23.0 Å².